The normalized spacial score (nSPS) is 16.2. The molecule has 2 aliphatic rings. The van der Waals surface area contributed by atoms with Gasteiger partial charge < -0.3 is 19.9 Å². The highest BCUT2D eigenvalue weighted by Crippen LogP contribution is 2.30. The number of rotatable bonds is 7. The third-order valence-electron chi connectivity index (χ3n) is 6.25. The molecule has 0 spiro atoms. The summed E-state index contributed by atoms with van der Waals surface area (Å²) in [6.45, 7) is 1.94. The quantitative estimate of drug-likeness (QED) is 0.682. The number of aromatic amines is 1. The zero-order valence-electron chi connectivity index (χ0n) is 17.8. The molecule has 2 N–H and O–H groups in total. The summed E-state index contributed by atoms with van der Waals surface area (Å²) in [6, 6.07) is 5.98. The summed E-state index contributed by atoms with van der Waals surface area (Å²) in [6.07, 6.45) is 9.42. The average Bonchev–Trinajstić information content (AvgIpc) is 3.15. The topological polar surface area (TPSA) is 74.4 Å². The van der Waals surface area contributed by atoms with Gasteiger partial charge in [-0.25, -0.2) is 0 Å². The van der Waals surface area contributed by atoms with Gasteiger partial charge in [0.1, 0.15) is 5.75 Å². The van der Waals surface area contributed by atoms with Crippen LogP contribution in [0.4, 0.5) is 0 Å². The molecule has 0 saturated heterocycles. The maximum absolute atomic E-state index is 12.7. The number of fused-ring (bicyclic) bond motifs is 3. The Balaban J connectivity index is 1.27. The Bertz CT molecular complexity index is 960. The molecule has 0 saturated carbocycles. The highest BCUT2D eigenvalue weighted by atomic mass is 16.5. The third-order valence-corrected chi connectivity index (χ3v) is 6.25. The zero-order valence-corrected chi connectivity index (χ0v) is 17.8. The summed E-state index contributed by atoms with van der Waals surface area (Å²) in [5, 5.41) is 4.08. The number of ether oxygens (including phenoxy) is 1. The number of benzene rings is 1. The Kier molecular flexibility index (Phi) is 6.41. The minimum atomic E-state index is -0.0331. The van der Waals surface area contributed by atoms with E-state index in [1.54, 1.807) is 7.11 Å². The van der Waals surface area contributed by atoms with Gasteiger partial charge >= 0.3 is 0 Å². The smallest absolute Gasteiger partial charge is 0.223 e. The fourth-order valence-corrected chi connectivity index (χ4v) is 4.49. The van der Waals surface area contributed by atoms with Gasteiger partial charge in [-0.05, 0) is 50.3 Å². The van der Waals surface area contributed by atoms with Crippen LogP contribution in [0.3, 0.4) is 0 Å². The van der Waals surface area contributed by atoms with Crippen molar-refractivity contribution in [1.29, 1.82) is 0 Å². The van der Waals surface area contributed by atoms with Crippen LogP contribution in [0.25, 0.3) is 10.9 Å². The van der Waals surface area contributed by atoms with E-state index >= 15 is 0 Å². The van der Waals surface area contributed by atoms with Crippen molar-refractivity contribution in [2.45, 2.75) is 57.9 Å². The largest absolute Gasteiger partial charge is 0.497 e. The van der Waals surface area contributed by atoms with Crippen molar-refractivity contribution in [3.63, 3.8) is 0 Å². The van der Waals surface area contributed by atoms with Crippen molar-refractivity contribution in [2.24, 2.45) is 0 Å². The molecule has 1 aliphatic carbocycles. The fraction of sp³-hybridized carbons (Fsp3) is 0.500. The van der Waals surface area contributed by atoms with E-state index in [1.165, 1.54) is 30.5 Å². The minimum absolute atomic E-state index is 0.0331. The third kappa shape index (κ3) is 4.69. The lowest BCUT2D eigenvalue weighted by Crippen LogP contribution is -2.36. The van der Waals surface area contributed by atoms with Crippen LogP contribution in [0, 0.1) is 0 Å². The van der Waals surface area contributed by atoms with E-state index in [9.17, 15) is 9.59 Å². The van der Waals surface area contributed by atoms with Crippen molar-refractivity contribution < 1.29 is 14.3 Å². The van der Waals surface area contributed by atoms with Gasteiger partial charge in [0.2, 0.25) is 11.8 Å². The molecule has 1 aromatic carbocycles. The number of aromatic nitrogens is 1. The van der Waals surface area contributed by atoms with Gasteiger partial charge in [-0.1, -0.05) is 11.6 Å². The molecule has 0 radical (unpaired) electrons. The molecule has 30 heavy (non-hydrogen) atoms. The van der Waals surface area contributed by atoms with Crippen LogP contribution in [0.2, 0.25) is 0 Å². The molecule has 0 unspecified atom stereocenters. The fourth-order valence-electron chi connectivity index (χ4n) is 4.49. The Morgan fingerprint density at radius 1 is 1.20 bits per heavy atom. The van der Waals surface area contributed by atoms with Gasteiger partial charge in [-0.15, -0.1) is 0 Å². The molecule has 160 valence electrons. The minimum Gasteiger partial charge on any atom is -0.497 e. The van der Waals surface area contributed by atoms with E-state index < -0.39 is 0 Å². The molecule has 2 heterocycles. The van der Waals surface area contributed by atoms with Crippen LogP contribution >= 0.6 is 0 Å². The van der Waals surface area contributed by atoms with Gasteiger partial charge in [-0.3, -0.25) is 9.59 Å². The monoisotopic (exact) mass is 409 g/mol. The number of methoxy groups -OCH3 is 1. The molecule has 0 fully saturated rings. The Hall–Kier alpha value is -2.76. The maximum atomic E-state index is 12.7. The molecule has 2 amide bonds. The van der Waals surface area contributed by atoms with Crippen molar-refractivity contribution in [3.8, 4) is 5.75 Å². The van der Waals surface area contributed by atoms with Crippen LogP contribution in [-0.4, -0.2) is 41.9 Å². The summed E-state index contributed by atoms with van der Waals surface area (Å²) < 4.78 is 5.35. The van der Waals surface area contributed by atoms with Crippen LogP contribution in [0.5, 0.6) is 5.75 Å². The zero-order chi connectivity index (χ0) is 20.9. The van der Waals surface area contributed by atoms with Crippen LogP contribution in [0.15, 0.2) is 29.8 Å². The van der Waals surface area contributed by atoms with Crippen LogP contribution < -0.4 is 10.1 Å². The number of amides is 2. The second-order valence-electron chi connectivity index (χ2n) is 8.27. The molecule has 4 rings (SSSR count). The summed E-state index contributed by atoms with van der Waals surface area (Å²) in [5.41, 5.74) is 4.88. The molecule has 1 aromatic heterocycles. The molecular formula is C24H31N3O3. The molecule has 6 heteroatoms. The molecule has 2 aromatic rings. The van der Waals surface area contributed by atoms with E-state index in [0.29, 0.717) is 19.6 Å². The number of hydrogen-bond donors (Lipinski definition) is 2. The lowest BCUT2D eigenvalue weighted by Gasteiger charge is -2.27. The van der Waals surface area contributed by atoms with Gasteiger partial charge in [-0.2, -0.15) is 0 Å². The highest BCUT2D eigenvalue weighted by molar-refractivity contribution is 5.88. The number of hydrogen-bond acceptors (Lipinski definition) is 3. The SMILES string of the molecule is COc1ccc2[nH]c3c(c2c1)CN(C(=O)CCC(=O)NCCC1=CCCCC1)CC3. The van der Waals surface area contributed by atoms with E-state index in [0.717, 1.165) is 41.5 Å². The first-order valence-electron chi connectivity index (χ1n) is 11.0. The van der Waals surface area contributed by atoms with Gasteiger partial charge in [0.05, 0.1) is 7.11 Å². The average molecular weight is 410 g/mol. The lowest BCUT2D eigenvalue weighted by molar-refractivity contribution is -0.134. The van der Waals surface area contributed by atoms with Gasteiger partial charge in [0, 0.05) is 61.1 Å². The van der Waals surface area contributed by atoms with E-state index in [-0.39, 0.29) is 24.7 Å². The van der Waals surface area contributed by atoms with Gasteiger partial charge in [0.15, 0.2) is 0 Å². The Morgan fingerprint density at radius 2 is 2.10 bits per heavy atom. The number of carbonyl (C=O) groups excluding carboxylic acids is 2. The summed E-state index contributed by atoms with van der Waals surface area (Å²) in [7, 11) is 1.66. The summed E-state index contributed by atoms with van der Waals surface area (Å²) >= 11 is 0. The second-order valence-corrected chi connectivity index (χ2v) is 8.27. The Morgan fingerprint density at radius 3 is 2.90 bits per heavy atom. The standard InChI is InChI=1S/C24H31N3O3/c1-30-18-7-8-21-19(15-18)20-16-27(14-12-22(20)26-21)24(29)10-9-23(28)25-13-11-17-5-3-2-4-6-17/h5,7-8,15,26H,2-4,6,9-14,16H2,1H3,(H,25,28). The number of nitrogens with zero attached hydrogens (tertiary/aromatic N) is 1. The van der Waals surface area contributed by atoms with Crippen LogP contribution in [0.1, 0.15) is 56.2 Å². The van der Waals surface area contributed by atoms with Crippen molar-refractivity contribution in [1.82, 2.24) is 15.2 Å². The second kappa shape index (κ2) is 9.37. The van der Waals surface area contributed by atoms with Crippen molar-refractivity contribution in [2.75, 3.05) is 20.2 Å². The molecule has 0 atom stereocenters. The number of carbonyl (C=O) groups is 2. The lowest BCUT2D eigenvalue weighted by atomic mass is 9.97. The predicted octanol–water partition coefficient (Wildman–Crippen LogP) is 3.85. The highest BCUT2D eigenvalue weighted by Gasteiger charge is 2.24. The predicted molar refractivity (Wildman–Crippen MR) is 117 cm³/mol. The first-order chi connectivity index (χ1) is 14.6. The summed E-state index contributed by atoms with van der Waals surface area (Å²) in [4.78, 5) is 30.2. The van der Waals surface area contributed by atoms with E-state index in [2.05, 4.69) is 16.4 Å². The molecular weight excluding hydrogens is 378 g/mol. The van der Waals surface area contributed by atoms with E-state index in [1.807, 2.05) is 23.1 Å². The number of nitrogens with one attached hydrogen (secondary N) is 2. The van der Waals surface area contributed by atoms with Gasteiger partial charge in [0.25, 0.3) is 0 Å². The van der Waals surface area contributed by atoms with Crippen LogP contribution in [-0.2, 0) is 22.6 Å². The van der Waals surface area contributed by atoms with Crippen molar-refractivity contribution in [3.05, 3.63) is 41.1 Å². The first-order valence-corrected chi connectivity index (χ1v) is 11.0. The number of H-pyrrole nitrogens is 1. The first kappa shape index (κ1) is 20.5. The molecule has 0 bridgehead atoms. The van der Waals surface area contributed by atoms with E-state index in [4.69, 9.17) is 4.74 Å². The van der Waals surface area contributed by atoms with Crippen molar-refractivity contribution >= 4 is 22.7 Å². The maximum Gasteiger partial charge on any atom is 0.223 e. The number of allylic oxidation sites excluding steroid dienone is 1. The molecule has 6 nitrogen and oxygen atoms in total. The Labute approximate surface area is 177 Å². The molecule has 1 aliphatic heterocycles. The summed E-state index contributed by atoms with van der Waals surface area (Å²) in [5.74, 6) is 0.825.